The van der Waals surface area contributed by atoms with E-state index in [1.807, 2.05) is 36.7 Å². The molecular weight excluding hydrogens is 525 g/mol. The lowest BCUT2D eigenvalue weighted by Crippen LogP contribution is -2.42. The fourth-order valence-electron chi connectivity index (χ4n) is 5.94. The number of piperazine rings is 1. The molecule has 0 amide bonds. The van der Waals surface area contributed by atoms with Crippen LogP contribution in [0, 0.1) is 6.92 Å². The molecule has 3 aromatic rings. The highest BCUT2D eigenvalue weighted by molar-refractivity contribution is 5.73. The number of imidazole rings is 1. The van der Waals surface area contributed by atoms with Crippen molar-refractivity contribution in [2.24, 2.45) is 0 Å². The Bertz CT molecular complexity index is 1500. The number of nitrogens with one attached hydrogen (secondary N) is 2. The van der Waals surface area contributed by atoms with Gasteiger partial charge in [0.05, 0.1) is 17.8 Å². The van der Waals surface area contributed by atoms with E-state index in [9.17, 15) is 0 Å². The second-order valence-electron chi connectivity index (χ2n) is 11.6. The number of halogens is 1. The Morgan fingerprint density at radius 1 is 1.14 bits per heavy atom. The molecule has 2 unspecified atom stereocenters. The number of aromatic nitrogens is 3. The average Bonchev–Trinajstić information content (AvgIpc) is 3.66. The van der Waals surface area contributed by atoms with Crippen LogP contribution < -0.4 is 10.6 Å². The SMILES string of the molecule is C=CN1CCN(C(=C)c2ccc(Nc3nccn4c(C5CC=C(C)C(C)=C5F)cnc34)cc2C)CC1.CC1CCCN1. The number of rotatable bonds is 6. The number of aryl methyl sites for hydroxylation is 1. The number of fused-ring (bicyclic) bond motifs is 1. The van der Waals surface area contributed by atoms with Gasteiger partial charge in [-0.2, -0.15) is 0 Å². The Balaban J connectivity index is 0.000000524. The number of hydrogen-bond donors (Lipinski definition) is 2. The Labute approximate surface area is 249 Å². The third-order valence-electron chi connectivity index (χ3n) is 8.79. The molecule has 2 aromatic heterocycles. The minimum absolute atomic E-state index is 0.0829. The molecule has 42 heavy (non-hydrogen) atoms. The van der Waals surface area contributed by atoms with Crippen LogP contribution in [0.4, 0.5) is 15.9 Å². The molecule has 7 nitrogen and oxygen atoms in total. The standard InChI is InChI=1S/C29H33FN6.C5H11N/c1-6-34-13-15-35(16-14-34)22(5)24-10-8-23(17-20(24)3)33-28-29-32-18-26(36(29)12-11-31-28)25-9-7-19(2)21(4)27(25)30;1-5-3-2-4-6-5/h6-8,10-12,17-18,25H,1,5,9,13-16H2,2-4H3,(H,31,33);5-6H,2-4H2,1H3. The quantitative estimate of drug-likeness (QED) is 0.335. The van der Waals surface area contributed by atoms with Crippen molar-refractivity contribution in [1.29, 1.82) is 0 Å². The molecular formula is C34H44FN7. The van der Waals surface area contributed by atoms with E-state index in [0.717, 1.165) is 66.0 Å². The first-order valence-electron chi connectivity index (χ1n) is 15.0. The van der Waals surface area contributed by atoms with Gasteiger partial charge in [0.25, 0.3) is 0 Å². The summed E-state index contributed by atoms with van der Waals surface area (Å²) in [5, 5.41) is 6.74. The molecule has 4 heterocycles. The van der Waals surface area contributed by atoms with E-state index in [2.05, 4.69) is 75.6 Å². The molecule has 3 aliphatic rings. The fourth-order valence-corrected chi connectivity index (χ4v) is 5.94. The highest BCUT2D eigenvalue weighted by Gasteiger charge is 2.26. The van der Waals surface area contributed by atoms with Crippen LogP contribution in [0.1, 0.15) is 62.8 Å². The maximum Gasteiger partial charge on any atom is 0.180 e. The van der Waals surface area contributed by atoms with Crippen LogP contribution in [-0.2, 0) is 0 Å². The van der Waals surface area contributed by atoms with E-state index < -0.39 is 0 Å². The number of hydrogen-bond acceptors (Lipinski definition) is 6. The van der Waals surface area contributed by atoms with Gasteiger partial charge in [0, 0.05) is 61.6 Å². The van der Waals surface area contributed by atoms with Crippen LogP contribution in [0.2, 0.25) is 0 Å². The van der Waals surface area contributed by atoms with Crippen molar-refractivity contribution in [3.8, 4) is 0 Å². The molecule has 2 fully saturated rings. The smallest absolute Gasteiger partial charge is 0.180 e. The molecule has 0 spiro atoms. The van der Waals surface area contributed by atoms with Gasteiger partial charge in [0.2, 0.25) is 0 Å². The summed E-state index contributed by atoms with van der Waals surface area (Å²) in [4.78, 5) is 13.7. The lowest BCUT2D eigenvalue weighted by Gasteiger charge is -2.36. The van der Waals surface area contributed by atoms with Gasteiger partial charge < -0.3 is 20.4 Å². The number of anilines is 2. The van der Waals surface area contributed by atoms with Crippen LogP contribution in [-0.4, -0.2) is 62.9 Å². The summed E-state index contributed by atoms with van der Waals surface area (Å²) in [6.07, 6.45) is 12.7. The fraction of sp³-hybridized carbons (Fsp3) is 0.412. The summed E-state index contributed by atoms with van der Waals surface area (Å²) in [6, 6.07) is 7.06. The largest absolute Gasteiger partial charge is 0.374 e. The Morgan fingerprint density at radius 2 is 1.93 bits per heavy atom. The summed E-state index contributed by atoms with van der Waals surface area (Å²) in [6.45, 7) is 21.4. The van der Waals surface area contributed by atoms with Crippen LogP contribution in [0.3, 0.4) is 0 Å². The zero-order valence-electron chi connectivity index (χ0n) is 25.5. The van der Waals surface area contributed by atoms with Gasteiger partial charge in [0.15, 0.2) is 11.5 Å². The van der Waals surface area contributed by atoms with Gasteiger partial charge in [-0.3, -0.25) is 4.40 Å². The van der Waals surface area contributed by atoms with E-state index in [4.69, 9.17) is 0 Å². The third kappa shape index (κ3) is 6.28. The predicted molar refractivity (Wildman–Crippen MR) is 171 cm³/mol. The van der Waals surface area contributed by atoms with Gasteiger partial charge >= 0.3 is 0 Å². The summed E-state index contributed by atoms with van der Waals surface area (Å²) in [7, 11) is 0. The molecule has 1 aromatic carbocycles. The summed E-state index contributed by atoms with van der Waals surface area (Å²) in [5.41, 5.74) is 7.47. The van der Waals surface area contributed by atoms with Crippen molar-refractivity contribution < 1.29 is 4.39 Å². The lowest BCUT2D eigenvalue weighted by atomic mass is 9.89. The summed E-state index contributed by atoms with van der Waals surface area (Å²) >= 11 is 0. The first-order chi connectivity index (χ1) is 20.3. The molecule has 8 heteroatoms. The van der Waals surface area contributed by atoms with Crippen molar-refractivity contribution in [2.75, 3.05) is 38.0 Å². The van der Waals surface area contributed by atoms with Gasteiger partial charge in [-0.25, -0.2) is 14.4 Å². The molecule has 0 saturated carbocycles. The predicted octanol–water partition coefficient (Wildman–Crippen LogP) is 6.95. The molecule has 0 radical (unpaired) electrons. The van der Waals surface area contributed by atoms with E-state index in [1.165, 1.54) is 19.4 Å². The zero-order chi connectivity index (χ0) is 29.8. The Hall–Kier alpha value is -3.91. The minimum Gasteiger partial charge on any atom is -0.374 e. The van der Waals surface area contributed by atoms with E-state index >= 15 is 4.39 Å². The highest BCUT2D eigenvalue weighted by atomic mass is 19.1. The molecule has 222 valence electrons. The molecule has 2 N–H and O–H groups in total. The monoisotopic (exact) mass is 569 g/mol. The minimum atomic E-state index is -0.333. The molecule has 2 aliphatic heterocycles. The maximum absolute atomic E-state index is 15.1. The lowest BCUT2D eigenvalue weighted by molar-refractivity contribution is 0.229. The number of nitrogens with zero attached hydrogens (tertiary/aromatic N) is 5. The maximum atomic E-state index is 15.1. The Kier molecular flexibility index (Phi) is 9.12. The van der Waals surface area contributed by atoms with Crippen molar-refractivity contribution in [1.82, 2.24) is 29.5 Å². The van der Waals surface area contributed by atoms with Crippen molar-refractivity contribution in [2.45, 2.75) is 58.9 Å². The molecule has 6 rings (SSSR count). The van der Waals surface area contributed by atoms with Crippen LogP contribution in [0.5, 0.6) is 0 Å². The highest BCUT2D eigenvalue weighted by Crippen LogP contribution is 2.38. The molecule has 2 atom stereocenters. The molecule has 2 saturated heterocycles. The van der Waals surface area contributed by atoms with Crippen LogP contribution in [0.25, 0.3) is 11.3 Å². The van der Waals surface area contributed by atoms with Crippen molar-refractivity contribution in [3.63, 3.8) is 0 Å². The zero-order valence-corrected chi connectivity index (χ0v) is 25.5. The van der Waals surface area contributed by atoms with Gasteiger partial charge in [-0.1, -0.05) is 25.3 Å². The van der Waals surface area contributed by atoms with Gasteiger partial charge in [0.1, 0.15) is 5.83 Å². The van der Waals surface area contributed by atoms with E-state index in [1.54, 1.807) is 12.4 Å². The first-order valence-corrected chi connectivity index (χ1v) is 15.0. The Morgan fingerprint density at radius 3 is 2.57 bits per heavy atom. The van der Waals surface area contributed by atoms with Gasteiger partial charge in [-0.15, -0.1) is 0 Å². The van der Waals surface area contributed by atoms with E-state index in [0.29, 0.717) is 23.5 Å². The second kappa shape index (κ2) is 12.9. The molecule has 0 bridgehead atoms. The van der Waals surface area contributed by atoms with Crippen molar-refractivity contribution >= 4 is 22.8 Å². The summed E-state index contributed by atoms with van der Waals surface area (Å²) < 4.78 is 17.0. The van der Waals surface area contributed by atoms with Crippen LogP contribution >= 0.6 is 0 Å². The van der Waals surface area contributed by atoms with Gasteiger partial charge in [-0.05, 0) is 88.5 Å². The third-order valence-corrected chi connectivity index (χ3v) is 8.79. The van der Waals surface area contributed by atoms with Crippen LogP contribution in [0.15, 0.2) is 79.2 Å². The second-order valence-corrected chi connectivity index (χ2v) is 11.6. The topological polar surface area (TPSA) is 60.7 Å². The normalized spacial score (nSPS) is 20.7. The van der Waals surface area contributed by atoms with E-state index in [-0.39, 0.29) is 11.7 Å². The summed E-state index contributed by atoms with van der Waals surface area (Å²) in [5.74, 6) is 0.222. The number of benzene rings is 1. The number of allylic oxidation sites excluding steroid dienone is 4. The first kappa shape index (κ1) is 29.6. The average molecular weight is 570 g/mol. The molecule has 1 aliphatic carbocycles. The van der Waals surface area contributed by atoms with Crippen molar-refractivity contribution in [3.05, 3.63) is 96.0 Å².